The van der Waals surface area contributed by atoms with Crippen molar-refractivity contribution in [3.63, 3.8) is 0 Å². The summed E-state index contributed by atoms with van der Waals surface area (Å²) < 4.78 is 5.37. The zero-order chi connectivity index (χ0) is 12.0. The van der Waals surface area contributed by atoms with Crippen molar-refractivity contribution in [3.05, 3.63) is 0 Å². The molecule has 1 amide bonds. The van der Waals surface area contributed by atoms with E-state index in [1.807, 2.05) is 27.7 Å². The van der Waals surface area contributed by atoms with Crippen molar-refractivity contribution >= 4 is 18.3 Å². The topological polar surface area (TPSA) is 55.6 Å². The molecule has 5 heteroatoms. The van der Waals surface area contributed by atoms with Crippen LogP contribution in [0.3, 0.4) is 0 Å². The quantitative estimate of drug-likeness (QED) is 0.775. The van der Waals surface area contributed by atoms with Crippen LogP contribution in [-0.2, 0) is 9.53 Å². The van der Waals surface area contributed by atoms with Gasteiger partial charge in [0.25, 0.3) is 0 Å². The van der Waals surface area contributed by atoms with E-state index < -0.39 is 6.04 Å². The fourth-order valence-corrected chi connectivity index (χ4v) is 1.08. The lowest BCUT2D eigenvalue weighted by Crippen LogP contribution is -2.45. The number of halogens is 1. The van der Waals surface area contributed by atoms with Crippen LogP contribution >= 0.6 is 12.4 Å². The van der Waals surface area contributed by atoms with Crippen molar-refractivity contribution in [2.75, 3.05) is 20.2 Å². The van der Waals surface area contributed by atoms with E-state index in [0.717, 1.165) is 0 Å². The third kappa shape index (κ3) is 7.04. The average Bonchev–Trinajstić information content (AvgIpc) is 2.14. The standard InChI is InChI=1S/C11H24N2O2.ClH/c1-8(2)10(12)11(14)13(5)6-7-15-9(3)4;/h8-10H,6-7,12H2,1-5H3;1H/t10-;/m0./s1. The predicted molar refractivity (Wildman–Crippen MR) is 68.8 cm³/mol. The van der Waals surface area contributed by atoms with Crippen molar-refractivity contribution in [3.8, 4) is 0 Å². The Balaban J connectivity index is 0. The molecule has 0 aromatic heterocycles. The zero-order valence-electron chi connectivity index (χ0n) is 10.9. The Morgan fingerprint density at radius 1 is 1.31 bits per heavy atom. The van der Waals surface area contributed by atoms with Crippen molar-refractivity contribution in [2.45, 2.75) is 39.8 Å². The number of rotatable bonds is 6. The van der Waals surface area contributed by atoms with Gasteiger partial charge in [0.2, 0.25) is 5.91 Å². The highest BCUT2D eigenvalue weighted by molar-refractivity contribution is 5.85. The van der Waals surface area contributed by atoms with Crippen LogP contribution in [0.1, 0.15) is 27.7 Å². The van der Waals surface area contributed by atoms with Gasteiger partial charge in [-0.15, -0.1) is 12.4 Å². The molecular weight excluding hydrogens is 228 g/mol. The Morgan fingerprint density at radius 3 is 2.19 bits per heavy atom. The third-order valence-electron chi connectivity index (χ3n) is 2.26. The second-order valence-corrected chi connectivity index (χ2v) is 4.45. The second kappa shape index (κ2) is 8.79. The lowest BCUT2D eigenvalue weighted by atomic mass is 10.0. The molecule has 0 saturated carbocycles. The molecule has 0 aromatic rings. The maximum atomic E-state index is 11.7. The highest BCUT2D eigenvalue weighted by Gasteiger charge is 2.20. The van der Waals surface area contributed by atoms with Crippen LogP contribution in [-0.4, -0.2) is 43.2 Å². The van der Waals surface area contributed by atoms with Gasteiger partial charge in [-0.2, -0.15) is 0 Å². The van der Waals surface area contributed by atoms with Gasteiger partial charge in [-0.25, -0.2) is 0 Å². The van der Waals surface area contributed by atoms with Gasteiger partial charge in [-0.1, -0.05) is 13.8 Å². The van der Waals surface area contributed by atoms with Crippen LogP contribution in [0, 0.1) is 5.92 Å². The molecule has 0 aliphatic rings. The monoisotopic (exact) mass is 252 g/mol. The Kier molecular flexibility index (Phi) is 9.92. The third-order valence-corrected chi connectivity index (χ3v) is 2.26. The number of hydrogen-bond acceptors (Lipinski definition) is 3. The summed E-state index contributed by atoms with van der Waals surface area (Å²) in [6.45, 7) is 8.99. The summed E-state index contributed by atoms with van der Waals surface area (Å²) in [6, 6.07) is -0.408. The van der Waals surface area contributed by atoms with E-state index in [1.165, 1.54) is 0 Å². The number of ether oxygens (including phenoxy) is 1. The van der Waals surface area contributed by atoms with Gasteiger partial charge in [-0.05, 0) is 19.8 Å². The van der Waals surface area contributed by atoms with Gasteiger partial charge in [0, 0.05) is 13.6 Å². The zero-order valence-corrected chi connectivity index (χ0v) is 11.7. The molecule has 0 radical (unpaired) electrons. The second-order valence-electron chi connectivity index (χ2n) is 4.45. The molecule has 98 valence electrons. The number of hydrogen-bond donors (Lipinski definition) is 1. The average molecular weight is 253 g/mol. The number of nitrogens with zero attached hydrogens (tertiary/aromatic N) is 1. The van der Waals surface area contributed by atoms with Gasteiger partial charge in [0.15, 0.2) is 0 Å². The Hall–Kier alpha value is -0.320. The van der Waals surface area contributed by atoms with Crippen LogP contribution < -0.4 is 5.73 Å². The molecule has 0 aromatic carbocycles. The van der Waals surface area contributed by atoms with Crippen LogP contribution in [0.25, 0.3) is 0 Å². The van der Waals surface area contributed by atoms with Gasteiger partial charge in [-0.3, -0.25) is 4.79 Å². The molecule has 0 rings (SSSR count). The predicted octanol–water partition coefficient (Wildman–Crippen LogP) is 1.27. The molecule has 16 heavy (non-hydrogen) atoms. The maximum absolute atomic E-state index is 11.7. The normalized spacial score (nSPS) is 12.5. The minimum atomic E-state index is -0.408. The summed E-state index contributed by atoms with van der Waals surface area (Å²) in [5.74, 6) is 0.156. The fraction of sp³-hybridized carbons (Fsp3) is 0.909. The Labute approximate surface area is 105 Å². The summed E-state index contributed by atoms with van der Waals surface area (Å²) in [7, 11) is 1.76. The van der Waals surface area contributed by atoms with E-state index in [0.29, 0.717) is 13.2 Å². The summed E-state index contributed by atoms with van der Waals surface area (Å²) in [5, 5.41) is 0. The summed E-state index contributed by atoms with van der Waals surface area (Å²) >= 11 is 0. The number of likely N-dealkylation sites (N-methyl/N-ethyl adjacent to an activating group) is 1. The van der Waals surface area contributed by atoms with Crippen LogP contribution in [0.4, 0.5) is 0 Å². The fourth-order valence-electron chi connectivity index (χ4n) is 1.08. The lowest BCUT2D eigenvalue weighted by molar-refractivity contribution is -0.133. The molecule has 0 spiro atoms. The first-order chi connectivity index (χ1) is 6.86. The minimum absolute atomic E-state index is 0. The molecule has 0 unspecified atom stereocenters. The number of amides is 1. The molecular formula is C11H25ClN2O2. The summed E-state index contributed by atoms with van der Waals surface area (Å²) in [6.07, 6.45) is 0.201. The molecule has 0 aliphatic carbocycles. The van der Waals surface area contributed by atoms with E-state index in [2.05, 4.69) is 0 Å². The number of carbonyl (C=O) groups excluding carboxylic acids is 1. The first-order valence-corrected chi connectivity index (χ1v) is 5.48. The van der Waals surface area contributed by atoms with E-state index >= 15 is 0 Å². The van der Waals surface area contributed by atoms with Crippen molar-refractivity contribution in [2.24, 2.45) is 11.7 Å². The number of nitrogens with two attached hydrogens (primary N) is 1. The summed E-state index contributed by atoms with van der Waals surface area (Å²) in [5.41, 5.74) is 5.76. The molecule has 0 heterocycles. The highest BCUT2D eigenvalue weighted by Crippen LogP contribution is 2.02. The Bertz CT molecular complexity index is 198. The lowest BCUT2D eigenvalue weighted by Gasteiger charge is -2.23. The van der Waals surface area contributed by atoms with Crippen LogP contribution in [0.15, 0.2) is 0 Å². The molecule has 0 fully saturated rings. The van der Waals surface area contributed by atoms with Crippen molar-refractivity contribution < 1.29 is 9.53 Å². The molecule has 0 saturated heterocycles. The largest absolute Gasteiger partial charge is 0.377 e. The SMILES string of the molecule is CC(C)OCCN(C)C(=O)[C@@H](N)C(C)C.Cl. The van der Waals surface area contributed by atoms with E-state index in [-0.39, 0.29) is 30.3 Å². The van der Waals surface area contributed by atoms with Gasteiger partial charge >= 0.3 is 0 Å². The molecule has 1 atom stereocenters. The van der Waals surface area contributed by atoms with Gasteiger partial charge in [0.05, 0.1) is 18.8 Å². The molecule has 0 aliphatic heterocycles. The van der Waals surface area contributed by atoms with Gasteiger partial charge in [0.1, 0.15) is 0 Å². The highest BCUT2D eigenvalue weighted by atomic mass is 35.5. The van der Waals surface area contributed by atoms with Crippen molar-refractivity contribution in [1.29, 1.82) is 0 Å². The van der Waals surface area contributed by atoms with Crippen LogP contribution in [0.2, 0.25) is 0 Å². The van der Waals surface area contributed by atoms with E-state index in [9.17, 15) is 4.79 Å². The smallest absolute Gasteiger partial charge is 0.239 e. The van der Waals surface area contributed by atoms with E-state index in [1.54, 1.807) is 11.9 Å². The van der Waals surface area contributed by atoms with Gasteiger partial charge < -0.3 is 15.4 Å². The number of carbonyl (C=O) groups is 1. The van der Waals surface area contributed by atoms with Crippen molar-refractivity contribution in [1.82, 2.24) is 4.90 Å². The Morgan fingerprint density at radius 2 is 1.81 bits per heavy atom. The summed E-state index contributed by atoms with van der Waals surface area (Å²) in [4.78, 5) is 13.3. The minimum Gasteiger partial charge on any atom is -0.377 e. The molecule has 2 N–H and O–H groups in total. The first kappa shape index (κ1) is 18.1. The molecule has 0 bridgehead atoms. The first-order valence-electron chi connectivity index (χ1n) is 5.48. The van der Waals surface area contributed by atoms with E-state index in [4.69, 9.17) is 10.5 Å². The maximum Gasteiger partial charge on any atom is 0.239 e. The van der Waals surface area contributed by atoms with Crippen LogP contribution in [0.5, 0.6) is 0 Å². The molecule has 4 nitrogen and oxygen atoms in total.